The van der Waals surface area contributed by atoms with Crippen LogP contribution < -0.4 is 4.74 Å². The molecule has 0 fully saturated rings. The zero-order valence-electron chi connectivity index (χ0n) is 12.6. The smallest absolute Gasteiger partial charge is 0.175 e. The third-order valence-corrected chi connectivity index (χ3v) is 4.34. The molecule has 2 aromatic rings. The fraction of sp³-hybridized carbons (Fsp3) is 0.278. The fourth-order valence-corrected chi connectivity index (χ4v) is 3.30. The second-order valence-electron chi connectivity index (χ2n) is 5.82. The molecule has 0 amide bonds. The molecule has 1 heterocycles. The minimum absolute atomic E-state index is 0.153. The number of halogens is 1. The average Bonchev–Trinajstić information content (AvgIpc) is 2.49. The van der Waals surface area contributed by atoms with Gasteiger partial charge in [0.05, 0.1) is 11.5 Å². The second kappa shape index (κ2) is 6.23. The van der Waals surface area contributed by atoms with Crippen LogP contribution in [0.5, 0.6) is 5.75 Å². The van der Waals surface area contributed by atoms with Gasteiger partial charge < -0.3 is 9.64 Å². The van der Waals surface area contributed by atoms with Crippen LogP contribution in [-0.4, -0.2) is 31.3 Å². The van der Waals surface area contributed by atoms with Crippen molar-refractivity contribution < 1.29 is 9.53 Å². The van der Waals surface area contributed by atoms with Gasteiger partial charge in [-0.2, -0.15) is 0 Å². The fourth-order valence-electron chi connectivity index (χ4n) is 2.89. The number of hydrogen-bond donors (Lipinski definition) is 0. The highest BCUT2D eigenvalue weighted by atomic mass is 79.9. The van der Waals surface area contributed by atoms with Crippen LogP contribution >= 0.6 is 15.9 Å². The summed E-state index contributed by atoms with van der Waals surface area (Å²) in [6.07, 6.45) is -0.262. The first-order chi connectivity index (χ1) is 10.6. The van der Waals surface area contributed by atoms with Gasteiger partial charge in [0, 0.05) is 11.0 Å². The number of Topliss-reactive ketones (excluding diaryl/α,β-unsaturated/α-hetero) is 1. The highest BCUT2D eigenvalue weighted by Gasteiger charge is 2.38. The van der Waals surface area contributed by atoms with Gasteiger partial charge in [-0.25, -0.2) is 0 Å². The van der Waals surface area contributed by atoms with Crippen molar-refractivity contribution >= 4 is 21.7 Å². The number of hydrogen-bond acceptors (Lipinski definition) is 3. The van der Waals surface area contributed by atoms with E-state index in [4.69, 9.17) is 4.74 Å². The lowest BCUT2D eigenvalue weighted by atomic mass is 9.85. The van der Waals surface area contributed by atoms with Gasteiger partial charge in [-0.15, -0.1) is 0 Å². The van der Waals surface area contributed by atoms with Gasteiger partial charge >= 0.3 is 0 Å². The minimum atomic E-state index is -0.262. The molecule has 0 aromatic heterocycles. The Morgan fingerprint density at radius 2 is 1.91 bits per heavy atom. The summed E-state index contributed by atoms with van der Waals surface area (Å²) in [5, 5.41) is 0. The Balaban J connectivity index is 2.05. The van der Waals surface area contributed by atoms with Crippen molar-refractivity contribution in [1.82, 2.24) is 4.90 Å². The number of benzene rings is 2. The number of carbonyl (C=O) groups excluding carboxylic acids is 1. The van der Waals surface area contributed by atoms with Crippen LogP contribution in [0, 0.1) is 5.92 Å². The molecule has 1 aliphatic heterocycles. The first-order valence-corrected chi connectivity index (χ1v) is 8.05. The van der Waals surface area contributed by atoms with Gasteiger partial charge in [0.2, 0.25) is 0 Å². The maximum absolute atomic E-state index is 12.9. The third kappa shape index (κ3) is 2.94. The van der Waals surface area contributed by atoms with Crippen molar-refractivity contribution in [1.29, 1.82) is 0 Å². The predicted molar refractivity (Wildman–Crippen MR) is 90.3 cm³/mol. The standard InChI is InChI=1S/C18H18BrNO2/c1-20(2)11-15-17(21)14-8-3-4-9-16(14)22-18(15)12-6-5-7-13(19)10-12/h3-10,15,18H,11H2,1-2H3. The lowest BCUT2D eigenvalue weighted by molar-refractivity contribution is 0.0594. The van der Waals surface area contributed by atoms with E-state index in [1.54, 1.807) is 0 Å². The quantitative estimate of drug-likeness (QED) is 0.830. The molecule has 0 bridgehead atoms. The Kier molecular flexibility index (Phi) is 4.32. The summed E-state index contributed by atoms with van der Waals surface area (Å²) < 4.78 is 7.18. The van der Waals surface area contributed by atoms with E-state index in [2.05, 4.69) is 15.9 Å². The Hall–Kier alpha value is -1.65. The molecular weight excluding hydrogens is 342 g/mol. The third-order valence-electron chi connectivity index (χ3n) is 3.85. The monoisotopic (exact) mass is 359 g/mol. The van der Waals surface area contributed by atoms with Crippen LogP contribution in [0.4, 0.5) is 0 Å². The highest BCUT2D eigenvalue weighted by Crippen LogP contribution is 2.39. The zero-order valence-corrected chi connectivity index (χ0v) is 14.2. The van der Waals surface area contributed by atoms with E-state index in [9.17, 15) is 4.79 Å². The molecule has 4 heteroatoms. The molecule has 2 unspecified atom stereocenters. The van der Waals surface area contributed by atoms with Crippen molar-refractivity contribution in [2.75, 3.05) is 20.6 Å². The molecule has 1 aliphatic rings. The zero-order chi connectivity index (χ0) is 15.7. The number of carbonyl (C=O) groups is 1. The molecule has 0 saturated heterocycles. The molecular formula is C18H18BrNO2. The number of nitrogens with zero attached hydrogens (tertiary/aromatic N) is 1. The molecule has 2 aromatic carbocycles. The summed E-state index contributed by atoms with van der Waals surface area (Å²) in [6.45, 7) is 0.657. The number of fused-ring (bicyclic) bond motifs is 1. The van der Waals surface area contributed by atoms with E-state index in [-0.39, 0.29) is 17.8 Å². The second-order valence-corrected chi connectivity index (χ2v) is 6.74. The highest BCUT2D eigenvalue weighted by molar-refractivity contribution is 9.10. The van der Waals surface area contributed by atoms with Crippen LogP contribution in [0.3, 0.4) is 0 Å². The van der Waals surface area contributed by atoms with Crippen LogP contribution in [-0.2, 0) is 0 Å². The number of para-hydroxylation sites is 1. The van der Waals surface area contributed by atoms with Crippen molar-refractivity contribution in [2.24, 2.45) is 5.92 Å². The van der Waals surface area contributed by atoms with Crippen molar-refractivity contribution in [2.45, 2.75) is 6.10 Å². The SMILES string of the molecule is CN(C)CC1C(=O)c2ccccc2OC1c1cccc(Br)c1. The Morgan fingerprint density at radius 1 is 1.14 bits per heavy atom. The van der Waals surface area contributed by atoms with Gasteiger partial charge in [-0.3, -0.25) is 4.79 Å². The Labute approximate surface area is 139 Å². The maximum Gasteiger partial charge on any atom is 0.175 e. The summed E-state index contributed by atoms with van der Waals surface area (Å²) in [4.78, 5) is 14.9. The first-order valence-electron chi connectivity index (χ1n) is 7.26. The summed E-state index contributed by atoms with van der Waals surface area (Å²) >= 11 is 3.50. The van der Waals surface area contributed by atoms with E-state index in [0.29, 0.717) is 17.9 Å². The topological polar surface area (TPSA) is 29.5 Å². The normalized spacial score (nSPS) is 20.6. The molecule has 114 valence electrons. The van der Waals surface area contributed by atoms with E-state index >= 15 is 0 Å². The van der Waals surface area contributed by atoms with E-state index in [0.717, 1.165) is 10.0 Å². The van der Waals surface area contributed by atoms with Crippen molar-refractivity contribution in [3.63, 3.8) is 0 Å². The average molecular weight is 360 g/mol. The largest absolute Gasteiger partial charge is 0.484 e. The number of ether oxygens (including phenoxy) is 1. The lowest BCUT2D eigenvalue weighted by Crippen LogP contribution is -2.38. The number of rotatable bonds is 3. The van der Waals surface area contributed by atoms with Crippen LogP contribution in [0.1, 0.15) is 22.0 Å². The lowest BCUT2D eigenvalue weighted by Gasteiger charge is -2.34. The molecule has 0 aliphatic carbocycles. The molecule has 0 spiro atoms. The molecule has 2 atom stereocenters. The van der Waals surface area contributed by atoms with Crippen LogP contribution in [0.15, 0.2) is 53.0 Å². The summed E-state index contributed by atoms with van der Waals surface area (Å²) in [5.41, 5.74) is 1.70. The van der Waals surface area contributed by atoms with Crippen LogP contribution in [0.25, 0.3) is 0 Å². The molecule has 22 heavy (non-hydrogen) atoms. The molecule has 0 radical (unpaired) electrons. The minimum Gasteiger partial charge on any atom is -0.484 e. The molecule has 0 N–H and O–H groups in total. The molecule has 0 saturated carbocycles. The van der Waals surface area contributed by atoms with E-state index in [1.165, 1.54) is 0 Å². The summed E-state index contributed by atoms with van der Waals surface area (Å²) in [7, 11) is 3.96. The van der Waals surface area contributed by atoms with Gasteiger partial charge in [0.15, 0.2) is 5.78 Å². The van der Waals surface area contributed by atoms with Gasteiger partial charge in [-0.1, -0.05) is 40.2 Å². The van der Waals surface area contributed by atoms with Crippen molar-refractivity contribution in [3.05, 3.63) is 64.1 Å². The summed E-state index contributed by atoms with van der Waals surface area (Å²) in [5.74, 6) is 0.618. The van der Waals surface area contributed by atoms with E-state index < -0.39 is 0 Å². The van der Waals surface area contributed by atoms with Gasteiger partial charge in [-0.05, 0) is 43.9 Å². The first kappa shape index (κ1) is 15.3. The van der Waals surface area contributed by atoms with Gasteiger partial charge in [0.25, 0.3) is 0 Å². The van der Waals surface area contributed by atoms with Crippen molar-refractivity contribution in [3.8, 4) is 5.75 Å². The number of ketones is 1. The molecule has 3 nitrogen and oxygen atoms in total. The van der Waals surface area contributed by atoms with Crippen LogP contribution in [0.2, 0.25) is 0 Å². The van der Waals surface area contributed by atoms with Gasteiger partial charge in [0.1, 0.15) is 11.9 Å². The molecule has 3 rings (SSSR count). The maximum atomic E-state index is 12.9. The summed E-state index contributed by atoms with van der Waals surface area (Å²) in [6, 6.07) is 15.5. The Morgan fingerprint density at radius 3 is 2.64 bits per heavy atom. The predicted octanol–water partition coefficient (Wildman–Crippen LogP) is 3.94. The van der Waals surface area contributed by atoms with E-state index in [1.807, 2.05) is 67.5 Å². The Bertz CT molecular complexity index is 699.